The Bertz CT molecular complexity index is 469. The van der Waals surface area contributed by atoms with Crippen molar-refractivity contribution in [3.8, 4) is 0 Å². The van der Waals surface area contributed by atoms with E-state index in [0.717, 1.165) is 12.1 Å². The molecule has 1 aromatic carbocycles. The third-order valence-corrected chi connectivity index (χ3v) is 4.90. The van der Waals surface area contributed by atoms with Crippen LogP contribution in [-0.2, 0) is 6.54 Å². The molecule has 1 fully saturated rings. The summed E-state index contributed by atoms with van der Waals surface area (Å²) in [5.41, 5.74) is 1.14. The molecule has 4 nitrogen and oxygen atoms in total. The van der Waals surface area contributed by atoms with E-state index in [1.165, 1.54) is 25.3 Å². The lowest BCUT2D eigenvalue weighted by atomic mass is 9.96. The average Bonchev–Trinajstić information content (AvgIpc) is 2.35. The lowest BCUT2D eigenvalue weighted by Gasteiger charge is -2.39. The number of hydrogen-bond acceptors (Lipinski definition) is 3. The van der Waals surface area contributed by atoms with Gasteiger partial charge in [0.1, 0.15) is 0 Å². The van der Waals surface area contributed by atoms with Crippen molar-refractivity contribution in [2.24, 2.45) is 0 Å². The number of hydrogen-bond donors (Lipinski definition) is 0. The Balaban J connectivity index is 2.23. The van der Waals surface area contributed by atoms with Gasteiger partial charge in [0.2, 0.25) is 0 Å². The summed E-state index contributed by atoms with van der Waals surface area (Å²) >= 11 is 3.38. The van der Waals surface area contributed by atoms with Crippen LogP contribution in [0.3, 0.4) is 0 Å². The van der Waals surface area contributed by atoms with Crippen LogP contribution in [0.15, 0.2) is 22.7 Å². The third-order valence-electron chi connectivity index (χ3n) is 3.98. The molecule has 104 valence electrons. The van der Waals surface area contributed by atoms with Crippen LogP contribution in [0.1, 0.15) is 38.7 Å². The second kappa shape index (κ2) is 6.01. The van der Waals surface area contributed by atoms with E-state index in [9.17, 15) is 10.1 Å². The van der Waals surface area contributed by atoms with E-state index in [-0.39, 0.29) is 10.6 Å². The van der Waals surface area contributed by atoms with Gasteiger partial charge in [0.05, 0.1) is 9.40 Å². The molecule has 0 radical (unpaired) electrons. The second-order valence-electron chi connectivity index (χ2n) is 5.31. The van der Waals surface area contributed by atoms with Gasteiger partial charge in [-0.05, 0) is 48.2 Å². The maximum Gasteiger partial charge on any atom is 0.283 e. The van der Waals surface area contributed by atoms with Crippen molar-refractivity contribution in [1.82, 2.24) is 4.90 Å². The zero-order valence-electron chi connectivity index (χ0n) is 11.3. The quantitative estimate of drug-likeness (QED) is 0.620. The maximum atomic E-state index is 11.0. The van der Waals surface area contributed by atoms with Crippen molar-refractivity contribution >= 4 is 21.6 Å². The van der Waals surface area contributed by atoms with Crippen molar-refractivity contribution < 1.29 is 4.92 Å². The number of nitrogens with zero attached hydrogens (tertiary/aromatic N) is 2. The summed E-state index contributed by atoms with van der Waals surface area (Å²) in [6, 6.07) is 6.34. The van der Waals surface area contributed by atoms with Gasteiger partial charge in [0, 0.05) is 24.7 Å². The number of nitro groups is 1. The Morgan fingerprint density at radius 3 is 2.58 bits per heavy atom. The third kappa shape index (κ3) is 3.15. The van der Waals surface area contributed by atoms with Crippen LogP contribution in [0.5, 0.6) is 0 Å². The molecule has 0 spiro atoms. The maximum absolute atomic E-state index is 11.0. The molecule has 0 amide bonds. The number of benzene rings is 1. The van der Waals surface area contributed by atoms with E-state index in [1.807, 2.05) is 6.07 Å². The molecule has 0 saturated carbocycles. The van der Waals surface area contributed by atoms with Crippen molar-refractivity contribution in [2.45, 2.75) is 51.7 Å². The Morgan fingerprint density at radius 1 is 1.37 bits per heavy atom. The monoisotopic (exact) mass is 326 g/mol. The number of rotatable bonds is 3. The van der Waals surface area contributed by atoms with Gasteiger partial charge >= 0.3 is 0 Å². The molecule has 2 atom stereocenters. The molecule has 1 aliphatic rings. The first kappa shape index (κ1) is 14.5. The summed E-state index contributed by atoms with van der Waals surface area (Å²) in [5.74, 6) is 0. The van der Waals surface area contributed by atoms with Crippen molar-refractivity contribution in [2.75, 3.05) is 0 Å². The fraction of sp³-hybridized carbons (Fsp3) is 0.571. The second-order valence-corrected chi connectivity index (χ2v) is 6.10. The molecule has 2 rings (SSSR count). The molecule has 2 unspecified atom stereocenters. The molecule has 0 aromatic heterocycles. The molecule has 1 aliphatic heterocycles. The van der Waals surface area contributed by atoms with Crippen molar-refractivity contribution in [1.29, 1.82) is 0 Å². The van der Waals surface area contributed by atoms with Gasteiger partial charge in [0.25, 0.3) is 5.69 Å². The summed E-state index contributed by atoms with van der Waals surface area (Å²) in [5, 5.41) is 11.0. The normalized spacial score (nSPS) is 24.4. The largest absolute Gasteiger partial charge is 0.294 e. The predicted octanol–water partition coefficient (Wildman–Crippen LogP) is 4.12. The molecular formula is C14H19BrN2O2. The standard InChI is InChI=1S/C14H19BrN2O2/c1-10-5-3-6-11(2)16(10)9-12-7-4-8-13(14(12)15)17(18)19/h4,7-8,10-11H,3,5-6,9H2,1-2H3. The van der Waals surface area contributed by atoms with E-state index in [0.29, 0.717) is 16.6 Å². The molecule has 1 saturated heterocycles. The van der Waals surface area contributed by atoms with Crippen LogP contribution in [0, 0.1) is 10.1 Å². The van der Waals surface area contributed by atoms with Crippen LogP contribution >= 0.6 is 15.9 Å². The first-order valence-electron chi connectivity index (χ1n) is 6.68. The minimum Gasteiger partial charge on any atom is -0.294 e. The molecule has 0 aliphatic carbocycles. The summed E-state index contributed by atoms with van der Waals surface area (Å²) < 4.78 is 0.616. The van der Waals surface area contributed by atoms with Gasteiger partial charge in [-0.15, -0.1) is 0 Å². The zero-order valence-corrected chi connectivity index (χ0v) is 12.9. The van der Waals surface area contributed by atoms with Crippen LogP contribution in [0.2, 0.25) is 0 Å². The van der Waals surface area contributed by atoms with Crippen molar-refractivity contribution in [3.05, 3.63) is 38.3 Å². The van der Waals surface area contributed by atoms with E-state index < -0.39 is 0 Å². The first-order chi connectivity index (χ1) is 9.00. The minimum atomic E-state index is -0.337. The van der Waals surface area contributed by atoms with E-state index in [1.54, 1.807) is 6.07 Å². The Labute approximate surface area is 122 Å². The number of halogens is 1. The van der Waals surface area contributed by atoms with Gasteiger partial charge in [0.15, 0.2) is 0 Å². The lowest BCUT2D eigenvalue weighted by Crippen LogP contribution is -2.43. The van der Waals surface area contributed by atoms with E-state index >= 15 is 0 Å². The topological polar surface area (TPSA) is 46.4 Å². The molecule has 19 heavy (non-hydrogen) atoms. The van der Waals surface area contributed by atoms with Crippen LogP contribution in [0.4, 0.5) is 5.69 Å². The highest BCUT2D eigenvalue weighted by atomic mass is 79.9. The minimum absolute atomic E-state index is 0.148. The summed E-state index contributed by atoms with van der Waals surface area (Å²) in [6.45, 7) is 5.24. The smallest absolute Gasteiger partial charge is 0.283 e. The lowest BCUT2D eigenvalue weighted by molar-refractivity contribution is -0.385. The molecule has 0 bridgehead atoms. The van der Waals surface area contributed by atoms with Gasteiger partial charge < -0.3 is 0 Å². The predicted molar refractivity (Wildman–Crippen MR) is 79.1 cm³/mol. The first-order valence-corrected chi connectivity index (χ1v) is 7.47. The molecule has 1 aromatic rings. The van der Waals surface area contributed by atoms with E-state index in [2.05, 4.69) is 34.7 Å². The number of likely N-dealkylation sites (tertiary alicyclic amines) is 1. The summed E-state index contributed by atoms with van der Waals surface area (Å²) in [6.07, 6.45) is 3.68. The Morgan fingerprint density at radius 2 is 2.00 bits per heavy atom. The van der Waals surface area contributed by atoms with Crippen LogP contribution in [0.25, 0.3) is 0 Å². The Kier molecular flexibility index (Phi) is 4.58. The van der Waals surface area contributed by atoms with Gasteiger partial charge in [-0.1, -0.05) is 18.6 Å². The average molecular weight is 327 g/mol. The summed E-state index contributed by atoms with van der Waals surface area (Å²) in [7, 11) is 0. The number of piperidine rings is 1. The Hall–Kier alpha value is -0.940. The van der Waals surface area contributed by atoms with E-state index in [4.69, 9.17) is 0 Å². The number of nitro benzene ring substituents is 1. The fourth-order valence-electron chi connectivity index (χ4n) is 2.81. The highest BCUT2D eigenvalue weighted by molar-refractivity contribution is 9.10. The van der Waals surface area contributed by atoms with Gasteiger partial charge in [-0.2, -0.15) is 0 Å². The van der Waals surface area contributed by atoms with Gasteiger partial charge in [-0.3, -0.25) is 15.0 Å². The molecular weight excluding hydrogens is 308 g/mol. The highest BCUT2D eigenvalue weighted by Gasteiger charge is 2.26. The summed E-state index contributed by atoms with van der Waals surface area (Å²) in [4.78, 5) is 13.1. The van der Waals surface area contributed by atoms with Crippen LogP contribution in [-0.4, -0.2) is 21.9 Å². The van der Waals surface area contributed by atoms with Gasteiger partial charge in [-0.25, -0.2) is 0 Å². The van der Waals surface area contributed by atoms with Crippen LogP contribution < -0.4 is 0 Å². The fourth-order valence-corrected chi connectivity index (χ4v) is 3.35. The van der Waals surface area contributed by atoms with Crippen molar-refractivity contribution in [3.63, 3.8) is 0 Å². The molecule has 0 N–H and O–H groups in total. The highest BCUT2D eigenvalue weighted by Crippen LogP contribution is 2.31. The zero-order chi connectivity index (χ0) is 14.0. The SMILES string of the molecule is CC1CCCC(C)N1Cc1cccc([N+](=O)[O-])c1Br. The molecule has 5 heteroatoms. The molecule has 1 heterocycles.